The highest BCUT2D eigenvalue weighted by Gasteiger charge is 2.41. The Balaban J connectivity index is 2.96. The van der Waals surface area contributed by atoms with Crippen LogP contribution in [0.2, 0.25) is 0 Å². The van der Waals surface area contributed by atoms with E-state index in [1.54, 1.807) is 0 Å². The van der Waals surface area contributed by atoms with Gasteiger partial charge < -0.3 is 0 Å². The van der Waals surface area contributed by atoms with E-state index in [-0.39, 0.29) is 0 Å². The van der Waals surface area contributed by atoms with E-state index in [2.05, 4.69) is 46.8 Å². The first kappa shape index (κ1) is 8.83. The van der Waals surface area contributed by atoms with E-state index in [0.717, 1.165) is 0 Å². The summed E-state index contributed by atoms with van der Waals surface area (Å²) in [5.74, 6) is 0.714. The second-order valence-electron chi connectivity index (χ2n) is 5.03. The summed E-state index contributed by atoms with van der Waals surface area (Å²) >= 11 is 0. The first-order valence-corrected chi connectivity index (χ1v) is 4.54. The molecule has 0 aromatic heterocycles. The number of allylic oxidation sites excluding steroid dienone is 2. The van der Waals surface area contributed by atoms with Gasteiger partial charge in [0.2, 0.25) is 0 Å². The predicted octanol–water partition coefficient (Wildman–Crippen LogP) is 3.63. The zero-order valence-corrected chi connectivity index (χ0v) is 8.44. The molecule has 0 saturated heterocycles. The van der Waals surface area contributed by atoms with Crippen LogP contribution >= 0.6 is 0 Å². The van der Waals surface area contributed by atoms with Crippen LogP contribution in [0.5, 0.6) is 0 Å². The van der Waals surface area contributed by atoms with Gasteiger partial charge in [0, 0.05) is 0 Å². The van der Waals surface area contributed by atoms with Gasteiger partial charge in [-0.15, -0.1) is 0 Å². The van der Waals surface area contributed by atoms with E-state index in [4.69, 9.17) is 0 Å². The van der Waals surface area contributed by atoms with Crippen molar-refractivity contribution in [2.24, 2.45) is 16.7 Å². The molecule has 0 bridgehead atoms. The lowest BCUT2D eigenvalue weighted by Crippen LogP contribution is -2.39. The van der Waals surface area contributed by atoms with Crippen molar-refractivity contribution in [3.63, 3.8) is 0 Å². The van der Waals surface area contributed by atoms with Gasteiger partial charge >= 0.3 is 0 Å². The number of hydrogen-bond acceptors (Lipinski definition) is 0. The number of rotatable bonds is 0. The lowest BCUT2D eigenvalue weighted by atomic mass is 9.58. The normalized spacial score (nSPS) is 33.7. The Hall–Kier alpha value is -0.260. The van der Waals surface area contributed by atoms with Gasteiger partial charge in [0.05, 0.1) is 0 Å². The molecule has 1 aliphatic rings. The van der Waals surface area contributed by atoms with E-state index < -0.39 is 0 Å². The minimum absolute atomic E-state index is 0.446. The molecule has 1 unspecified atom stereocenters. The van der Waals surface area contributed by atoms with Crippen LogP contribution in [-0.2, 0) is 0 Å². The van der Waals surface area contributed by atoms with Crippen molar-refractivity contribution >= 4 is 0 Å². The van der Waals surface area contributed by atoms with Gasteiger partial charge in [-0.1, -0.05) is 46.8 Å². The van der Waals surface area contributed by atoms with Crippen molar-refractivity contribution in [2.45, 2.75) is 41.0 Å². The SMILES string of the molecule is CC1C=CCC(C)(C)C1(C)C. The Morgan fingerprint density at radius 2 is 1.73 bits per heavy atom. The molecule has 0 heterocycles. The molecule has 0 nitrogen and oxygen atoms in total. The van der Waals surface area contributed by atoms with Crippen molar-refractivity contribution < 1.29 is 0 Å². The van der Waals surface area contributed by atoms with Gasteiger partial charge in [0.15, 0.2) is 0 Å². The summed E-state index contributed by atoms with van der Waals surface area (Å²) in [7, 11) is 0. The first-order valence-electron chi connectivity index (χ1n) is 4.54. The molecule has 0 heteroatoms. The predicted molar refractivity (Wildman–Crippen MR) is 50.5 cm³/mol. The molecule has 0 aliphatic heterocycles. The summed E-state index contributed by atoms with van der Waals surface area (Å²) in [6, 6.07) is 0. The largest absolute Gasteiger partial charge is 0.0877 e. The Morgan fingerprint density at radius 1 is 1.18 bits per heavy atom. The third-order valence-electron chi connectivity index (χ3n) is 3.94. The van der Waals surface area contributed by atoms with Gasteiger partial charge in [-0.3, -0.25) is 0 Å². The summed E-state index contributed by atoms with van der Waals surface area (Å²) in [5.41, 5.74) is 0.906. The highest BCUT2D eigenvalue weighted by Crippen LogP contribution is 2.49. The van der Waals surface area contributed by atoms with Crippen LogP contribution in [-0.4, -0.2) is 0 Å². The van der Waals surface area contributed by atoms with Crippen LogP contribution < -0.4 is 0 Å². The summed E-state index contributed by atoms with van der Waals surface area (Å²) in [6.07, 6.45) is 5.91. The van der Waals surface area contributed by atoms with E-state index in [0.29, 0.717) is 16.7 Å². The van der Waals surface area contributed by atoms with Crippen LogP contribution in [0, 0.1) is 16.7 Å². The second kappa shape index (κ2) is 2.36. The average Bonchev–Trinajstić information content (AvgIpc) is 1.84. The Kier molecular flexibility index (Phi) is 1.90. The van der Waals surface area contributed by atoms with Crippen molar-refractivity contribution in [3.05, 3.63) is 12.2 Å². The highest BCUT2D eigenvalue weighted by atomic mass is 14.5. The van der Waals surface area contributed by atoms with E-state index >= 15 is 0 Å². The van der Waals surface area contributed by atoms with Crippen molar-refractivity contribution in [2.75, 3.05) is 0 Å². The Labute approximate surface area is 70.7 Å². The van der Waals surface area contributed by atoms with Gasteiger partial charge in [0.1, 0.15) is 0 Å². The second-order valence-corrected chi connectivity index (χ2v) is 5.03. The van der Waals surface area contributed by atoms with Gasteiger partial charge in [0.25, 0.3) is 0 Å². The zero-order valence-electron chi connectivity index (χ0n) is 8.44. The molecule has 0 amide bonds. The maximum absolute atomic E-state index is 2.38. The lowest BCUT2D eigenvalue weighted by Gasteiger charge is -2.47. The highest BCUT2D eigenvalue weighted by molar-refractivity contribution is 5.06. The Bertz CT molecular complexity index is 172. The molecule has 64 valence electrons. The molecule has 0 radical (unpaired) electrons. The van der Waals surface area contributed by atoms with Crippen LogP contribution in [0.4, 0.5) is 0 Å². The van der Waals surface area contributed by atoms with Crippen molar-refractivity contribution in [1.82, 2.24) is 0 Å². The molecule has 11 heavy (non-hydrogen) atoms. The molecule has 0 spiro atoms. The van der Waals surface area contributed by atoms with Gasteiger partial charge in [-0.25, -0.2) is 0 Å². The summed E-state index contributed by atoms with van der Waals surface area (Å²) < 4.78 is 0. The standard InChI is InChI=1S/C11H20/c1-9-7-6-8-10(2,3)11(9,4)5/h6-7,9H,8H2,1-5H3. The minimum Gasteiger partial charge on any atom is -0.0877 e. The molecule has 1 aliphatic carbocycles. The summed E-state index contributed by atoms with van der Waals surface area (Å²) in [4.78, 5) is 0. The molecule has 0 fully saturated rings. The van der Waals surface area contributed by atoms with Gasteiger partial charge in [-0.2, -0.15) is 0 Å². The van der Waals surface area contributed by atoms with Gasteiger partial charge in [-0.05, 0) is 23.2 Å². The fourth-order valence-corrected chi connectivity index (χ4v) is 1.69. The fourth-order valence-electron chi connectivity index (χ4n) is 1.69. The van der Waals surface area contributed by atoms with E-state index in [9.17, 15) is 0 Å². The molecular weight excluding hydrogens is 132 g/mol. The first-order chi connectivity index (χ1) is 4.88. The van der Waals surface area contributed by atoms with Crippen LogP contribution in [0.25, 0.3) is 0 Å². The van der Waals surface area contributed by atoms with Crippen LogP contribution in [0.3, 0.4) is 0 Å². The fraction of sp³-hybridized carbons (Fsp3) is 0.818. The Morgan fingerprint density at radius 3 is 2.09 bits per heavy atom. The third-order valence-corrected chi connectivity index (χ3v) is 3.94. The van der Waals surface area contributed by atoms with Crippen molar-refractivity contribution in [1.29, 1.82) is 0 Å². The van der Waals surface area contributed by atoms with Crippen LogP contribution in [0.1, 0.15) is 41.0 Å². The molecular formula is C11H20. The zero-order chi connectivity index (χ0) is 8.70. The maximum atomic E-state index is 2.38. The minimum atomic E-state index is 0.446. The smallest absolute Gasteiger partial charge is 0.0205 e. The topological polar surface area (TPSA) is 0 Å². The molecule has 0 aromatic carbocycles. The molecule has 1 atom stereocenters. The summed E-state index contributed by atoms with van der Waals surface area (Å²) in [5, 5.41) is 0. The third kappa shape index (κ3) is 1.23. The quantitative estimate of drug-likeness (QED) is 0.465. The molecule has 0 aromatic rings. The maximum Gasteiger partial charge on any atom is -0.0205 e. The van der Waals surface area contributed by atoms with E-state index in [1.807, 2.05) is 0 Å². The molecule has 0 N–H and O–H groups in total. The van der Waals surface area contributed by atoms with Crippen molar-refractivity contribution in [3.8, 4) is 0 Å². The van der Waals surface area contributed by atoms with E-state index in [1.165, 1.54) is 6.42 Å². The summed E-state index contributed by atoms with van der Waals surface area (Å²) in [6.45, 7) is 11.8. The monoisotopic (exact) mass is 152 g/mol. The van der Waals surface area contributed by atoms with Crippen LogP contribution in [0.15, 0.2) is 12.2 Å². The lowest BCUT2D eigenvalue weighted by molar-refractivity contribution is 0.0612. The molecule has 0 saturated carbocycles. The average molecular weight is 152 g/mol. The molecule has 1 rings (SSSR count). The number of hydrogen-bond donors (Lipinski definition) is 0.